The summed E-state index contributed by atoms with van der Waals surface area (Å²) in [6.45, 7) is 3.16. The molecule has 0 aliphatic carbocycles. The van der Waals surface area contributed by atoms with E-state index in [1.54, 1.807) is 4.90 Å². The Labute approximate surface area is 116 Å². The van der Waals surface area contributed by atoms with Crippen LogP contribution in [0.1, 0.15) is 6.92 Å². The zero-order valence-electron chi connectivity index (χ0n) is 10.00. The molecule has 0 spiro atoms. The van der Waals surface area contributed by atoms with E-state index in [9.17, 15) is 4.79 Å². The van der Waals surface area contributed by atoms with Gasteiger partial charge in [0.15, 0.2) is 0 Å². The highest BCUT2D eigenvalue weighted by molar-refractivity contribution is 8.26. The van der Waals surface area contributed by atoms with Gasteiger partial charge >= 0.3 is 0 Å². The van der Waals surface area contributed by atoms with Gasteiger partial charge in [0.25, 0.3) is 5.91 Å². The van der Waals surface area contributed by atoms with Gasteiger partial charge in [0.2, 0.25) is 0 Å². The van der Waals surface area contributed by atoms with Crippen LogP contribution in [0.2, 0.25) is 0 Å². The van der Waals surface area contributed by atoms with Crippen molar-refractivity contribution in [1.29, 1.82) is 0 Å². The smallest absolute Gasteiger partial charge is 0.266 e. The first-order chi connectivity index (χ1) is 8.67. The van der Waals surface area contributed by atoms with Crippen molar-refractivity contribution in [3.8, 4) is 0 Å². The number of thiocarbonyl (C=S) groups is 1. The van der Waals surface area contributed by atoms with Gasteiger partial charge in [-0.15, -0.1) is 0 Å². The van der Waals surface area contributed by atoms with E-state index in [1.807, 2.05) is 36.4 Å². The molecule has 96 valence electrons. The van der Waals surface area contributed by atoms with Crippen LogP contribution in [0.5, 0.6) is 0 Å². The number of carbonyl (C=O) groups is 1. The quantitative estimate of drug-likeness (QED) is 0.627. The monoisotopic (exact) mass is 282 g/mol. The number of aliphatic hydroxyl groups is 1. The Bertz CT molecular complexity index is 453. The summed E-state index contributed by atoms with van der Waals surface area (Å²) >= 11 is 6.51. The zero-order valence-corrected chi connectivity index (χ0v) is 11.6. The molecule has 2 rings (SSSR count). The molecule has 0 unspecified atom stereocenters. The maximum Gasteiger partial charge on any atom is 0.266 e. The lowest BCUT2D eigenvalue weighted by Gasteiger charge is -2.17. The van der Waals surface area contributed by atoms with E-state index in [2.05, 4.69) is 0 Å². The summed E-state index contributed by atoms with van der Waals surface area (Å²) in [4.78, 5) is 16.2. The SMILES string of the molecule is CCN1C(=O)C(=C2C=CN(CCO)C=C2)SC1=S. The summed E-state index contributed by atoms with van der Waals surface area (Å²) in [5, 5.41) is 8.84. The third-order valence-electron chi connectivity index (χ3n) is 2.68. The van der Waals surface area contributed by atoms with E-state index in [-0.39, 0.29) is 12.5 Å². The van der Waals surface area contributed by atoms with Crippen LogP contribution in [0.3, 0.4) is 0 Å². The van der Waals surface area contributed by atoms with Crippen LogP contribution in [0.25, 0.3) is 0 Å². The molecule has 0 aromatic rings. The average Bonchev–Trinajstić information content (AvgIpc) is 2.66. The fourth-order valence-corrected chi connectivity index (χ4v) is 3.13. The Balaban J connectivity index is 2.20. The predicted octanol–water partition coefficient (Wildman–Crippen LogP) is 1.46. The fraction of sp³-hybridized carbons (Fsp3) is 0.333. The highest BCUT2D eigenvalue weighted by Gasteiger charge is 2.32. The Morgan fingerprint density at radius 1 is 1.39 bits per heavy atom. The second kappa shape index (κ2) is 5.69. The number of aliphatic hydroxyl groups excluding tert-OH is 1. The maximum atomic E-state index is 12.1. The highest BCUT2D eigenvalue weighted by atomic mass is 32.2. The Morgan fingerprint density at radius 2 is 2.06 bits per heavy atom. The molecule has 0 radical (unpaired) electrons. The second-order valence-electron chi connectivity index (χ2n) is 3.79. The Morgan fingerprint density at radius 3 is 2.56 bits per heavy atom. The first-order valence-corrected chi connectivity index (χ1v) is 6.90. The van der Waals surface area contributed by atoms with Crippen molar-refractivity contribution in [1.82, 2.24) is 9.80 Å². The molecule has 4 nitrogen and oxygen atoms in total. The van der Waals surface area contributed by atoms with E-state index in [1.165, 1.54) is 11.8 Å². The van der Waals surface area contributed by atoms with Crippen LogP contribution >= 0.6 is 24.0 Å². The molecule has 0 atom stereocenters. The zero-order chi connectivity index (χ0) is 13.1. The Hall–Kier alpha value is -1.11. The van der Waals surface area contributed by atoms with Gasteiger partial charge in [-0.1, -0.05) is 24.0 Å². The molecule has 1 saturated heterocycles. The van der Waals surface area contributed by atoms with Gasteiger partial charge in [0.05, 0.1) is 11.5 Å². The van der Waals surface area contributed by atoms with Gasteiger partial charge in [-0.25, -0.2) is 0 Å². The van der Waals surface area contributed by atoms with Crippen LogP contribution in [0.15, 0.2) is 35.0 Å². The maximum absolute atomic E-state index is 12.1. The van der Waals surface area contributed by atoms with E-state index in [0.29, 0.717) is 22.3 Å². The van der Waals surface area contributed by atoms with E-state index < -0.39 is 0 Å². The van der Waals surface area contributed by atoms with Gasteiger partial charge in [0, 0.05) is 25.5 Å². The third-order valence-corrected chi connectivity index (χ3v) is 4.16. The van der Waals surface area contributed by atoms with Crippen LogP contribution in [0, 0.1) is 0 Å². The molecule has 1 fully saturated rings. The average molecular weight is 282 g/mol. The lowest BCUT2D eigenvalue weighted by Crippen LogP contribution is -2.27. The van der Waals surface area contributed by atoms with Gasteiger partial charge in [-0.3, -0.25) is 9.69 Å². The molecule has 0 saturated carbocycles. The van der Waals surface area contributed by atoms with Crippen LogP contribution in [-0.4, -0.2) is 44.8 Å². The fourth-order valence-electron chi connectivity index (χ4n) is 1.72. The number of amides is 1. The Kier molecular flexibility index (Phi) is 4.21. The van der Waals surface area contributed by atoms with E-state index >= 15 is 0 Å². The molecule has 2 heterocycles. The van der Waals surface area contributed by atoms with Gasteiger partial charge < -0.3 is 10.0 Å². The van der Waals surface area contributed by atoms with Crippen molar-refractivity contribution in [3.05, 3.63) is 35.0 Å². The molecule has 2 aliphatic rings. The minimum Gasteiger partial charge on any atom is -0.395 e. The largest absolute Gasteiger partial charge is 0.395 e. The normalized spacial score (nSPS) is 19.4. The molecule has 0 aromatic heterocycles. The second-order valence-corrected chi connectivity index (χ2v) is 5.44. The summed E-state index contributed by atoms with van der Waals surface area (Å²) < 4.78 is 0.615. The van der Waals surface area contributed by atoms with Gasteiger partial charge in [-0.05, 0) is 24.6 Å². The van der Waals surface area contributed by atoms with Gasteiger partial charge in [-0.2, -0.15) is 0 Å². The molecule has 0 aromatic carbocycles. The van der Waals surface area contributed by atoms with Crippen molar-refractivity contribution < 1.29 is 9.90 Å². The number of carbonyl (C=O) groups excluding carboxylic acids is 1. The number of hydrogen-bond donors (Lipinski definition) is 1. The molecule has 6 heteroatoms. The number of rotatable bonds is 3. The van der Waals surface area contributed by atoms with Crippen molar-refractivity contribution in [2.75, 3.05) is 19.7 Å². The third kappa shape index (κ3) is 2.50. The lowest BCUT2D eigenvalue weighted by molar-refractivity contribution is -0.122. The van der Waals surface area contributed by atoms with Crippen molar-refractivity contribution in [3.63, 3.8) is 0 Å². The molecule has 1 amide bonds. The number of nitrogens with zero attached hydrogens (tertiary/aromatic N) is 2. The first kappa shape index (κ1) is 13.3. The summed E-state index contributed by atoms with van der Waals surface area (Å²) in [7, 11) is 0. The molecule has 0 bridgehead atoms. The van der Waals surface area contributed by atoms with E-state index in [4.69, 9.17) is 17.3 Å². The summed E-state index contributed by atoms with van der Waals surface area (Å²) in [6.07, 6.45) is 7.45. The summed E-state index contributed by atoms with van der Waals surface area (Å²) in [5.41, 5.74) is 0.873. The standard InChI is InChI=1S/C12H14N2O2S2/c1-2-14-11(16)10(18-12(14)17)9-3-5-13(6-4-9)7-8-15/h3-6,15H,2,7-8H2,1H3. The predicted molar refractivity (Wildman–Crippen MR) is 76.7 cm³/mol. The van der Waals surface area contributed by atoms with Crippen LogP contribution in [0.4, 0.5) is 0 Å². The van der Waals surface area contributed by atoms with E-state index in [0.717, 1.165) is 5.57 Å². The number of thioether (sulfide) groups is 1. The summed E-state index contributed by atoms with van der Waals surface area (Å²) in [5.74, 6) is -0.0209. The minimum atomic E-state index is -0.0209. The minimum absolute atomic E-state index is 0.0209. The number of likely N-dealkylation sites (N-methyl/N-ethyl adjacent to an activating group) is 1. The molecular formula is C12H14N2O2S2. The van der Waals surface area contributed by atoms with Crippen LogP contribution < -0.4 is 0 Å². The lowest BCUT2D eigenvalue weighted by atomic mass is 10.2. The topological polar surface area (TPSA) is 43.8 Å². The molecule has 18 heavy (non-hydrogen) atoms. The summed E-state index contributed by atoms with van der Waals surface area (Å²) in [6, 6.07) is 0. The van der Waals surface area contributed by atoms with Gasteiger partial charge in [0.1, 0.15) is 4.32 Å². The number of β-amino-alcohol motifs (C(OH)–C–C–N with tert-alkyl or cyclic N) is 1. The molecule has 1 N–H and O–H groups in total. The highest BCUT2D eigenvalue weighted by Crippen LogP contribution is 2.34. The first-order valence-electron chi connectivity index (χ1n) is 5.68. The van der Waals surface area contributed by atoms with Crippen molar-refractivity contribution in [2.24, 2.45) is 0 Å². The molecule has 2 aliphatic heterocycles. The van der Waals surface area contributed by atoms with Crippen molar-refractivity contribution >= 4 is 34.2 Å². The number of hydrogen-bond acceptors (Lipinski definition) is 5. The van der Waals surface area contributed by atoms with Crippen molar-refractivity contribution in [2.45, 2.75) is 6.92 Å². The number of allylic oxidation sites excluding steroid dienone is 3. The molecular weight excluding hydrogens is 268 g/mol. The van der Waals surface area contributed by atoms with Crippen LogP contribution in [-0.2, 0) is 4.79 Å².